The largest absolute Gasteiger partial charge is 0.352 e. The number of nitrogens with zero attached hydrogens (tertiary/aromatic N) is 2. The maximum Gasteiger partial charge on any atom is 0.272 e. The SMILES string of the molecule is CCCCCNC(=O)c1ccnc(C(=O)N(CC)Cc2ccccc2)c1. The van der Waals surface area contributed by atoms with Gasteiger partial charge in [0.15, 0.2) is 0 Å². The molecule has 26 heavy (non-hydrogen) atoms. The maximum atomic E-state index is 12.8. The van der Waals surface area contributed by atoms with E-state index >= 15 is 0 Å². The summed E-state index contributed by atoms with van der Waals surface area (Å²) in [6.07, 6.45) is 4.67. The molecular formula is C21H27N3O2. The van der Waals surface area contributed by atoms with Crippen molar-refractivity contribution in [2.75, 3.05) is 13.1 Å². The van der Waals surface area contributed by atoms with Gasteiger partial charge >= 0.3 is 0 Å². The lowest BCUT2D eigenvalue weighted by Crippen LogP contribution is -2.31. The van der Waals surface area contributed by atoms with Gasteiger partial charge in [-0.05, 0) is 31.0 Å². The molecule has 1 heterocycles. The number of carbonyl (C=O) groups excluding carboxylic acids is 2. The second-order valence-electron chi connectivity index (χ2n) is 6.20. The predicted octanol–water partition coefficient (Wildman–Crippen LogP) is 3.66. The van der Waals surface area contributed by atoms with Crippen LogP contribution in [0.25, 0.3) is 0 Å². The molecule has 0 bridgehead atoms. The fraction of sp³-hybridized carbons (Fsp3) is 0.381. The van der Waals surface area contributed by atoms with Crippen LogP contribution >= 0.6 is 0 Å². The van der Waals surface area contributed by atoms with Crippen LogP contribution in [0.2, 0.25) is 0 Å². The number of aromatic nitrogens is 1. The van der Waals surface area contributed by atoms with Crippen LogP contribution in [0, 0.1) is 0 Å². The van der Waals surface area contributed by atoms with Crippen LogP contribution in [0.5, 0.6) is 0 Å². The zero-order valence-corrected chi connectivity index (χ0v) is 15.6. The van der Waals surface area contributed by atoms with Gasteiger partial charge in [-0.2, -0.15) is 0 Å². The molecule has 2 rings (SSSR count). The van der Waals surface area contributed by atoms with Crippen molar-refractivity contribution in [3.63, 3.8) is 0 Å². The molecule has 0 saturated carbocycles. The summed E-state index contributed by atoms with van der Waals surface area (Å²) < 4.78 is 0. The van der Waals surface area contributed by atoms with Crippen LogP contribution in [0.3, 0.4) is 0 Å². The first-order valence-electron chi connectivity index (χ1n) is 9.23. The Morgan fingerprint density at radius 2 is 1.85 bits per heavy atom. The summed E-state index contributed by atoms with van der Waals surface area (Å²) in [5.41, 5.74) is 1.83. The molecule has 0 radical (unpaired) electrons. The zero-order chi connectivity index (χ0) is 18.8. The van der Waals surface area contributed by atoms with Gasteiger partial charge in [-0.15, -0.1) is 0 Å². The zero-order valence-electron chi connectivity index (χ0n) is 15.6. The Morgan fingerprint density at radius 1 is 1.08 bits per heavy atom. The van der Waals surface area contributed by atoms with Gasteiger partial charge < -0.3 is 10.2 Å². The van der Waals surface area contributed by atoms with Crippen LogP contribution in [-0.2, 0) is 6.54 Å². The number of rotatable bonds is 9. The van der Waals surface area contributed by atoms with Crippen molar-refractivity contribution in [1.82, 2.24) is 15.2 Å². The van der Waals surface area contributed by atoms with E-state index in [-0.39, 0.29) is 11.8 Å². The summed E-state index contributed by atoms with van der Waals surface area (Å²) in [5, 5.41) is 2.89. The minimum atomic E-state index is -0.169. The van der Waals surface area contributed by atoms with Crippen molar-refractivity contribution in [3.05, 3.63) is 65.5 Å². The molecule has 0 fully saturated rings. The van der Waals surface area contributed by atoms with E-state index in [9.17, 15) is 9.59 Å². The molecule has 0 atom stereocenters. The molecule has 0 aliphatic rings. The summed E-state index contributed by atoms with van der Waals surface area (Å²) in [4.78, 5) is 30.9. The first-order chi connectivity index (χ1) is 12.7. The van der Waals surface area contributed by atoms with Crippen molar-refractivity contribution >= 4 is 11.8 Å². The van der Waals surface area contributed by atoms with Crippen LogP contribution in [-0.4, -0.2) is 34.8 Å². The average Bonchev–Trinajstić information content (AvgIpc) is 2.69. The number of hydrogen-bond donors (Lipinski definition) is 1. The van der Waals surface area contributed by atoms with Gasteiger partial charge in [-0.3, -0.25) is 14.6 Å². The Bertz CT molecular complexity index is 716. The number of benzene rings is 1. The molecule has 138 valence electrons. The molecule has 0 spiro atoms. The third-order valence-electron chi connectivity index (χ3n) is 4.19. The first-order valence-corrected chi connectivity index (χ1v) is 9.23. The minimum Gasteiger partial charge on any atom is -0.352 e. The van der Waals surface area contributed by atoms with Crippen molar-refractivity contribution in [2.45, 2.75) is 39.7 Å². The first kappa shape index (κ1) is 19.6. The molecule has 5 heteroatoms. The van der Waals surface area contributed by atoms with E-state index in [2.05, 4.69) is 17.2 Å². The van der Waals surface area contributed by atoms with Crippen molar-refractivity contribution in [3.8, 4) is 0 Å². The van der Waals surface area contributed by atoms with Gasteiger partial charge in [-0.1, -0.05) is 50.1 Å². The highest BCUT2D eigenvalue weighted by Gasteiger charge is 2.17. The Kier molecular flexibility index (Phi) is 7.80. The average molecular weight is 353 g/mol. The molecule has 1 aromatic heterocycles. The highest BCUT2D eigenvalue weighted by molar-refractivity contribution is 5.98. The summed E-state index contributed by atoms with van der Waals surface area (Å²) >= 11 is 0. The topological polar surface area (TPSA) is 62.3 Å². The monoisotopic (exact) mass is 353 g/mol. The van der Waals surface area contributed by atoms with Gasteiger partial charge in [0.1, 0.15) is 5.69 Å². The second kappa shape index (κ2) is 10.3. The number of hydrogen-bond acceptors (Lipinski definition) is 3. The molecule has 2 amide bonds. The fourth-order valence-electron chi connectivity index (χ4n) is 2.66. The van der Waals surface area contributed by atoms with Crippen LogP contribution in [0.15, 0.2) is 48.7 Å². The van der Waals surface area contributed by atoms with E-state index in [0.29, 0.717) is 30.9 Å². The van der Waals surface area contributed by atoms with E-state index in [0.717, 1.165) is 24.8 Å². The molecule has 0 aliphatic heterocycles. The Balaban J connectivity index is 2.04. The van der Waals surface area contributed by atoms with Crippen LogP contribution < -0.4 is 5.32 Å². The molecule has 0 saturated heterocycles. The number of unbranched alkanes of at least 4 members (excludes halogenated alkanes) is 2. The second-order valence-corrected chi connectivity index (χ2v) is 6.20. The van der Waals surface area contributed by atoms with Crippen molar-refractivity contribution in [2.24, 2.45) is 0 Å². The Labute approximate surface area is 155 Å². The summed E-state index contributed by atoms with van der Waals surface area (Å²) in [6.45, 7) is 5.80. The van der Waals surface area contributed by atoms with Crippen molar-refractivity contribution < 1.29 is 9.59 Å². The lowest BCUT2D eigenvalue weighted by atomic mass is 10.1. The predicted molar refractivity (Wildman–Crippen MR) is 103 cm³/mol. The van der Waals surface area contributed by atoms with Gasteiger partial charge in [0.05, 0.1) is 0 Å². The maximum absolute atomic E-state index is 12.8. The van der Waals surface area contributed by atoms with E-state index in [1.54, 1.807) is 17.0 Å². The number of nitrogens with one attached hydrogen (secondary N) is 1. The third kappa shape index (κ3) is 5.69. The third-order valence-corrected chi connectivity index (χ3v) is 4.19. The van der Waals surface area contributed by atoms with Gasteiger partial charge in [-0.25, -0.2) is 0 Å². The molecule has 1 N–H and O–H groups in total. The van der Waals surface area contributed by atoms with Crippen LogP contribution in [0.1, 0.15) is 59.5 Å². The summed E-state index contributed by atoms with van der Waals surface area (Å²) in [5.74, 6) is -0.333. The quantitative estimate of drug-likeness (QED) is 0.700. The van der Waals surface area contributed by atoms with E-state index in [1.165, 1.54) is 6.20 Å². The number of amides is 2. The molecule has 0 aliphatic carbocycles. The fourth-order valence-corrected chi connectivity index (χ4v) is 2.66. The summed E-state index contributed by atoms with van der Waals surface area (Å²) in [7, 11) is 0. The highest BCUT2D eigenvalue weighted by Crippen LogP contribution is 2.10. The molecule has 2 aromatic rings. The lowest BCUT2D eigenvalue weighted by molar-refractivity contribution is 0.0746. The molecular weight excluding hydrogens is 326 g/mol. The highest BCUT2D eigenvalue weighted by atomic mass is 16.2. The van der Waals surface area contributed by atoms with E-state index < -0.39 is 0 Å². The van der Waals surface area contributed by atoms with Crippen molar-refractivity contribution in [1.29, 1.82) is 0 Å². The van der Waals surface area contributed by atoms with Gasteiger partial charge in [0.25, 0.3) is 11.8 Å². The molecule has 5 nitrogen and oxygen atoms in total. The van der Waals surface area contributed by atoms with Gasteiger partial charge in [0.2, 0.25) is 0 Å². The smallest absolute Gasteiger partial charge is 0.272 e. The number of carbonyl (C=O) groups is 2. The summed E-state index contributed by atoms with van der Waals surface area (Å²) in [6, 6.07) is 13.0. The normalized spacial score (nSPS) is 10.4. The number of pyridine rings is 1. The van der Waals surface area contributed by atoms with Crippen LogP contribution in [0.4, 0.5) is 0 Å². The molecule has 0 unspecified atom stereocenters. The lowest BCUT2D eigenvalue weighted by Gasteiger charge is -2.20. The molecule has 1 aromatic carbocycles. The standard InChI is InChI=1S/C21H27N3O2/c1-3-5-9-13-23-20(25)18-12-14-22-19(15-18)21(26)24(4-2)16-17-10-7-6-8-11-17/h6-8,10-12,14-15H,3-5,9,13,16H2,1-2H3,(H,23,25). The Hall–Kier alpha value is -2.69. The minimum absolute atomic E-state index is 0.163. The Morgan fingerprint density at radius 3 is 2.54 bits per heavy atom. The van der Waals surface area contributed by atoms with E-state index in [1.807, 2.05) is 37.3 Å². The van der Waals surface area contributed by atoms with Gasteiger partial charge in [0, 0.05) is 31.4 Å². The van der Waals surface area contributed by atoms with E-state index in [4.69, 9.17) is 0 Å².